The Morgan fingerprint density at radius 1 is 1.18 bits per heavy atom. The van der Waals surface area contributed by atoms with Gasteiger partial charge in [-0.1, -0.05) is 0 Å². The Balaban J connectivity index is 1.36. The summed E-state index contributed by atoms with van der Waals surface area (Å²) in [5.41, 5.74) is 9.00. The number of carbonyl (C=O) groups excluding carboxylic acids is 2. The van der Waals surface area contributed by atoms with E-state index in [0.717, 1.165) is 24.3 Å². The summed E-state index contributed by atoms with van der Waals surface area (Å²) in [7, 11) is -1.38. The Labute approximate surface area is 230 Å². The second-order valence-electron chi connectivity index (χ2n) is 11.8. The van der Waals surface area contributed by atoms with Crippen molar-refractivity contribution in [3.05, 3.63) is 40.7 Å². The largest absolute Gasteiger partial charge is 0.382 e. The fourth-order valence-electron chi connectivity index (χ4n) is 6.13. The van der Waals surface area contributed by atoms with Gasteiger partial charge >= 0.3 is 0 Å². The predicted molar refractivity (Wildman–Crippen MR) is 150 cm³/mol. The van der Waals surface area contributed by atoms with Crippen molar-refractivity contribution in [2.75, 3.05) is 38.5 Å². The first-order chi connectivity index (χ1) is 18.4. The van der Waals surface area contributed by atoms with E-state index < -0.39 is 21.5 Å². The average Bonchev–Trinajstić information content (AvgIpc) is 3.19. The Morgan fingerprint density at radius 2 is 1.90 bits per heavy atom. The van der Waals surface area contributed by atoms with Gasteiger partial charge in [0.05, 0.1) is 33.5 Å². The number of benzene rings is 1. The number of nitrogens with two attached hydrogens (primary N) is 1. The molecule has 2 fully saturated rings. The summed E-state index contributed by atoms with van der Waals surface area (Å²) in [4.78, 5) is 27.1. The number of piperidine rings is 2. The maximum Gasteiger partial charge on any atom is 0.255 e. The molecule has 1 atom stereocenters. The number of fused-ring (bicyclic) bond motifs is 1. The minimum Gasteiger partial charge on any atom is -0.382 e. The van der Waals surface area contributed by atoms with Crippen molar-refractivity contribution >= 4 is 27.5 Å². The number of likely N-dealkylation sites (tertiary alicyclic amines) is 1. The van der Waals surface area contributed by atoms with Gasteiger partial charge in [0, 0.05) is 43.3 Å². The van der Waals surface area contributed by atoms with Crippen LogP contribution in [0.15, 0.2) is 18.2 Å². The van der Waals surface area contributed by atoms with Crippen molar-refractivity contribution in [2.45, 2.75) is 69.7 Å². The van der Waals surface area contributed by atoms with Crippen molar-refractivity contribution < 1.29 is 18.0 Å². The molecule has 0 bridgehead atoms. The van der Waals surface area contributed by atoms with Gasteiger partial charge < -0.3 is 21.3 Å². The van der Waals surface area contributed by atoms with Gasteiger partial charge in [0.2, 0.25) is 10.0 Å². The standard InChI is InChI=1S/C27H39N7O4S/c1-17-24-23(15-27(2,3)30-26(24)36)34(31-17)19-7-8-21(25(28)35)22(14-19)29-18-9-12-33(13-10-18)39(37,38)20-6-5-11-32(4)16-20/h7-8,14,18,20,29H,5-6,9-13,15-16H2,1-4H3,(H2,28,35)(H,30,36). The van der Waals surface area contributed by atoms with Gasteiger partial charge in [-0.25, -0.2) is 17.4 Å². The average molecular weight is 558 g/mol. The van der Waals surface area contributed by atoms with E-state index in [1.165, 1.54) is 0 Å². The lowest BCUT2D eigenvalue weighted by Crippen LogP contribution is -2.50. The molecule has 0 aliphatic carbocycles. The number of amides is 2. The predicted octanol–water partition coefficient (Wildman–Crippen LogP) is 1.64. The van der Waals surface area contributed by atoms with Crippen LogP contribution in [0.3, 0.4) is 0 Å². The molecule has 5 rings (SSSR count). The molecule has 1 aromatic heterocycles. The number of anilines is 1. The lowest BCUT2D eigenvalue weighted by Gasteiger charge is -2.37. The van der Waals surface area contributed by atoms with Gasteiger partial charge in [-0.15, -0.1) is 0 Å². The fourth-order valence-corrected chi connectivity index (χ4v) is 8.17. The third-order valence-corrected chi connectivity index (χ3v) is 10.4. The quantitative estimate of drug-likeness (QED) is 0.490. The zero-order valence-electron chi connectivity index (χ0n) is 23.2. The van der Waals surface area contributed by atoms with Crippen LogP contribution in [0.25, 0.3) is 5.69 Å². The Bertz CT molecular complexity index is 1390. The molecule has 212 valence electrons. The highest BCUT2D eigenvalue weighted by Crippen LogP contribution is 2.31. The van der Waals surface area contributed by atoms with Crippen molar-refractivity contribution in [1.29, 1.82) is 0 Å². The highest BCUT2D eigenvalue weighted by molar-refractivity contribution is 7.89. The number of aromatic nitrogens is 2. The van der Waals surface area contributed by atoms with Crippen LogP contribution in [-0.2, 0) is 16.4 Å². The Hall–Kier alpha value is -2.96. The molecule has 4 N–H and O–H groups in total. The molecule has 0 spiro atoms. The van der Waals surface area contributed by atoms with Crippen LogP contribution in [0, 0.1) is 6.92 Å². The number of sulfonamides is 1. The smallest absolute Gasteiger partial charge is 0.255 e. The fraction of sp³-hybridized carbons (Fsp3) is 0.593. The van der Waals surface area contributed by atoms with Crippen molar-refractivity contribution in [2.24, 2.45) is 5.73 Å². The third kappa shape index (κ3) is 5.42. The van der Waals surface area contributed by atoms with Crippen molar-refractivity contribution in [1.82, 2.24) is 24.3 Å². The normalized spacial score (nSPS) is 22.8. The molecule has 4 heterocycles. The molecule has 2 saturated heterocycles. The molecular weight excluding hydrogens is 518 g/mol. The molecule has 3 aliphatic rings. The zero-order chi connectivity index (χ0) is 28.1. The number of hydrogen-bond acceptors (Lipinski definition) is 7. The van der Waals surface area contributed by atoms with E-state index in [1.54, 1.807) is 21.1 Å². The number of nitrogens with one attached hydrogen (secondary N) is 2. The number of primary amides is 1. The summed E-state index contributed by atoms with van der Waals surface area (Å²) in [6.45, 7) is 8.14. The molecule has 11 nitrogen and oxygen atoms in total. The number of hydrogen-bond donors (Lipinski definition) is 3. The lowest BCUT2D eigenvalue weighted by molar-refractivity contribution is 0.0894. The summed E-state index contributed by atoms with van der Waals surface area (Å²) in [5.74, 6) is -0.691. The van der Waals surface area contributed by atoms with Crippen LogP contribution in [0.1, 0.15) is 71.6 Å². The van der Waals surface area contributed by atoms with E-state index in [0.29, 0.717) is 67.8 Å². The zero-order valence-corrected chi connectivity index (χ0v) is 24.0. The van der Waals surface area contributed by atoms with Crippen LogP contribution >= 0.6 is 0 Å². The summed E-state index contributed by atoms with van der Waals surface area (Å²) < 4.78 is 29.9. The third-order valence-electron chi connectivity index (χ3n) is 8.13. The Kier molecular flexibility index (Phi) is 7.23. The minimum absolute atomic E-state index is 0.0168. The van der Waals surface area contributed by atoms with Crippen molar-refractivity contribution in [3.63, 3.8) is 0 Å². The van der Waals surface area contributed by atoms with E-state index in [-0.39, 0.29) is 17.2 Å². The summed E-state index contributed by atoms with van der Waals surface area (Å²) in [5, 5.41) is 10.8. The lowest BCUT2D eigenvalue weighted by atomic mass is 9.90. The van der Waals surface area contributed by atoms with Crippen LogP contribution < -0.4 is 16.4 Å². The van der Waals surface area contributed by atoms with E-state index in [1.807, 2.05) is 33.9 Å². The van der Waals surface area contributed by atoms with E-state index in [4.69, 9.17) is 5.73 Å². The highest BCUT2D eigenvalue weighted by atomic mass is 32.2. The first-order valence-corrected chi connectivity index (χ1v) is 15.2. The molecular formula is C27H39N7O4S. The number of aryl methyl sites for hydroxylation is 1. The SMILES string of the molecule is Cc1nn(-c2ccc(C(N)=O)c(NC3CCN(S(=O)(=O)C4CCCN(C)C4)CC3)c2)c2c1C(=O)NC(C)(C)C2. The second-order valence-corrected chi connectivity index (χ2v) is 14.0. The maximum atomic E-state index is 13.3. The molecule has 2 aromatic rings. The van der Waals surface area contributed by atoms with E-state index in [9.17, 15) is 18.0 Å². The monoisotopic (exact) mass is 557 g/mol. The molecule has 0 saturated carbocycles. The molecule has 39 heavy (non-hydrogen) atoms. The van der Waals surface area contributed by atoms with Gasteiger partial charge in [0.25, 0.3) is 11.8 Å². The molecule has 1 unspecified atom stereocenters. The van der Waals surface area contributed by atoms with Gasteiger partial charge in [-0.05, 0) is 78.2 Å². The first kappa shape index (κ1) is 27.6. The summed E-state index contributed by atoms with van der Waals surface area (Å²) in [6, 6.07) is 5.29. The van der Waals surface area contributed by atoms with Crippen LogP contribution in [0.2, 0.25) is 0 Å². The molecule has 2 amide bonds. The maximum absolute atomic E-state index is 13.3. The topological polar surface area (TPSA) is 143 Å². The molecule has 1 aromatic carbocycles. The van der Waals surface area contributed by atoms with E-state index in [2.05, 4.69) is 20.6 Å². The molecule has 3 aliphatic heterocycles. The first-order valence-electron chi connectivity index (χ1n) is 13.6. The number of rotatable bonds is 6. The van der Waals surface area contributed by atoms with Crippen LogP contribution in [0.4, 0.5) is 5.69 Å². The van der Waals surface area contributed by atoms with Crippen LogP contribution in [-0.4, -0.2) is 89.3 Å². The number of nitrogens with zero attached hydrogens (tertiary/aromatic N) is 4. The number of carbonyl (C=O) groups is 2. The minimum atomic E-state index is -3.35. The Morgan fingerprint density at radius 3 is 2.56 bits per heavy atom. The molecule has 0 radical (unpaired) electrons. The second kappa shape index (κ2) is 10.2. The van der Waals surface area contributed by atoms with E-state index >= 15 is 0 Å². The molecule has 12 heteroatoms. The van der Waals surface area contributed by atoms with Gasteiger partial charge in [0.1, 0.15) is 0 Å². The van der Waals surface area contributed by atoms with Crippen LogP contribution in [0.5, 0.6) is 0 Å². The van der Waals surface area contributed by atoms with Crippen molar-refractivity contribution in [3.8, 4) is 5.69 Å². The van der Waals surface area contributed by atoms with Gasteiger partial charge in [-0.2, -0.15) is 5.10 Å². The summed E-state index contributed by atoms with van der Waals surface area (Å²) >= 11 is 0. The summed E-state index contributed by atoms with van der Waals surface area (Å²) in [6.07, 6.45) is 3.45. The van der Waals surface area contributed by atoms with Gasteiger partial charge in [-0.3, -0.25) is 9.59 Å². The van der Waals surface area contributed by atoms with Gasteiger partial charge in [0.15, 0.2) is 0 Å². The highest BCUT2D eigenvalue weighted by Gasteiger charge is 2.37.